The first-order chi connectivity index (χ1) is 16.0. The smallest absolute Gasteiger partial charge is 0.250 e. The number of hydrogen-bond acceptors (Lipinski definition) is 8. The van der Waals surface area contributed by atoms with E-state index in [-0.39, 0.29) is 23.6 Å². The van der Waals surface area contributed by atoms with Crippen LogP contribution in [0.5, 0.6) is 11.5 Å². The molecule has 0 radical (unpaired) electrons. The van der Waals surface area contributed by atoms with Gasteiger partial charge >= 0.3 is 0 Å². The van der Waals surface area contributed by atoms with Gasteiger partial charge in [-0.1, -0.05) is 35.1 Å². The number of benzene rings is 2. The van der Waals surface area contributed by atoms with E-state index in [1.807, 2.05) is 0 Å². The van der Waals surface area contributed by atoms with Gasteiger partial charge in [-0.25, -0.2) is 4.98 Å². The monoisotopic (exact) mass is 477 g/mol. The number of carbonyl (C=O) groups excluding carboxylic acids is 1. The maximum absolute atomic E-state index is 12.3. The molecule has 0 aliphatic heterocycles. The minimum atomic E-state index is -0.690. The van der Waals surface area contributed by atoms with Crippen LogP contribution in [0.15, 0.2) is 54.6 Å². The number of rotatable bonds is 7. The van der Waals surface area contributed by atoms with E-state index >= 15 is 0 Å². The van der Waals surface area contributed by atoms with Gasteiger partial charge in [0.25, 0.3) is 5.91 Å². The first-order valence-electron chi connectivity index (χ1n) is 9.59. The molecular weight excluding hydrogens is 462 g/mol. The molecule has 10 heteroatoms. The maximum atomic E-state index is 12.3. The Morgan fingerprint density at radius 2 is 1.91 bits per heavy atom. The van der Waals surface area contributed by atoms with Gasteiger partial charge in [-0.3, -0.25) is 4.79 Å². The van der Waals surface area contributed by atoms with Crippen molar-refractivity contribution in [3.05, 3.63) is 75.9 Å². The van der Waals surface area contributed by atoms with Crippen molar-refractivity contribution in [1.29, 1.82) is 5.26 Å². The fourth-order valence-electron chi connectivity index (χ4n) is 3.09. The minimum absolute atomic E-state index is 0.0854. The second-order valence-corrected chi connectivity index (χ2v) is 8.20. The van der Waals surface area contributed by atoms with E-state index in [4.69, 9.17) is 26.8 Å². The molecule has 2 heterocycles. The molecule has 0 atom stereocenters. The summed E-state index contributed by atoms with van der Waals surface area (Å²) in [4.78, 5) is 16.7. The minimum Gasteiger partial charge on any atom is -0.496 e. The lowest BCUT2D eigenvalue weighted by Gasteiger charge is -2.12. The summed E-state index contributed by atoms with van der Waals surface area (Å²) < 4.78 is 11.1. The van der Waals surface area contributed by atoms with Gasteiger partial charge in [0.15, 0.2) is 15.7 Å². The Bertz CT molecular complexity index is 1370. The Hall–Kier alpha value is -4.00. The lowest BCUT2D eigenvalue weighted by Crippen LogP contribution is -2.14. The van der Waals surface area contributed by atoms with Crippen LogP contribution in [0, 0.1) is 11.3 Å². The number of ether oxygens (including phenoxy) is 2. The highest BCUT2D eigenvalue weighted by Crippen LogP contribution is 2.35. The standard InChI is InChI=1S/C23H16ClN5O3S/c1-31-19-5-3-2-4-15(19)21-17(22(26)30)10-16(18(11-25)27-21)23-29-28-20(33-23)12-32-14-8-6-13(24)7-9-14/h2-10H,12H2,1H3,(H2,26,30). The number of nitrogens with two attached hydrogens (primary N) is 1. The molecule has 0 unspecified atom stereocenters. The largest absolute Gasteiger partial charge is 0.496 e. The zero-order valence-electron chi connectivity index (χ0n) is 17.3. The van der Waals surface area contributed by atoms with Gasteiger partial charge in [-0.15, -0.1) is 10.2 Å². The van der Waals surface area contributed by atoms with Crippen LogP contribution < -0.4 is 15.2 Å². The zero-order chi connectivity index (χ0) is 23.4. The summed E-state index contributed by atoms with van der Waals surface area (Å²) in [6.45, 7) is 0.177. The number of nitrogens with zero attached hydrogens (tertiary/aromatic N) is 4. The molecule has 2 aromatic carbocycles. The third kappa shape index (κ3) is 4.77. The third-order valence-electron chi connectivity index (χ3n) is 4.63. The van der Waals surface area contributed by atoms with E-state index in [1.54, 1.807) is 48.5 Å². The topological polar surface area (TPSA) is 124 Å². The van der Waals surface area contributed by atoms with Crippen LogP contribution in [-0.2, 0) is 6.61 Å². The Labute approximate surface area is 198 Å². The summed E-state index contributed by atoms with van der Waals surface area (Å²) in [5.74, 6) is 0.444. The van der Waals surface area contributed by atoms with Crippen LogP contribution in [0.3, 0.4) is 0 Å². The molecule has 0 aliphatic carbocycles. The lowest BCUT2D eigenvalue weighted by atomic mass is 10.0. The third-order valence-corrected chi connectivity index (χ3v) is 5.81. The average molecular weight is 478 g/mol. The summed E-state index contributed by atoms with van der Waals surface area (Å²) in [6.07, 6.45) is 0. The number of halogens is 1. The van der Waals surface area contributed by atoms with Gasteiger partial charge < -0.3 is 15.2 Å². The number of aromatic nitrogens is 3. The van der Waals surface area contributed by atoms with Crippen molar-refractivity contribution >= 4 is 28.8 Å². The Morgan fingerprint density at radius 1 is 1.15 bits per heavy atom. The fraction of sp³-hybridized carbons (Fsp3) is 0.0870. The Morgan fingerprint density at radius 3 is 2.61 bits per heavy atom. The SMILES string of the molecule is COc1ccccc1-c1nc(C#N)c(-c2nnc(COc3ccc(Cl)cc3)s2)cc1C(N)=O. The van der Waals surface area contributed by atoms with Gasteiger partial charge in [-0.05, 0) is 42.5 Å². The van der Waals surface area contributed by atoms with Crippen molar-refractivity contribution in [1.82, 2.24) is 15.2 Å². The zero-order valence-corrected chi connectivity index (χ0v) is 18.9. The molecule has 33 heavy (non-hydrogen) atoms. The molecule has 2 N–H and O–H groups in total. The van der Waals surface area contributed by atoms with Crippen LogP contribution in [0.25, 0.3) is 21.8 Å². The summed E-state index contributed by atoms with van der Waals surface area (Å²) in [5, 5.41) is 19.6. The van der Waals surface area contributed by atoms with Gasteiger partial charge in [0.05, 0.1) is 18.4 Å². The first kappa shape index (κ1) is 22.2. The fourth-order valence-corrected chi connectivity index (χ4v) is 3.99. The molecule has 0 saturated heterocycles. The van der Waals surface area contributed by atoms with E-state index < -0.39 is 5.91 Å². The molecule has 0 bridgehead atoms. The van der Waals surface area contributed by atoms with Gasteiger partial charge in [0, 0.05) is 16.1 Å². The molecule has 1 amide bonds. The van der Waals surface area contributed by atoms with Crippen molar-refractivity contribution in [2.24, 2.45) is 5.73 Å². The average Bonchev–Trinajstić information content (AvgIpc) is 3.31. The summed E-state index contributed by atoms with van der Waals surface area (Å²) in [6, 6.07) is 17.6. The number of primary amides is 1. The van der Waals surface area contributed by atoms with Crippen molar-refractivity contribution in [3.63, 3.8) is 0 Å². The molecule has 0 aliphatic rings. The highest BCUT2D eigenvalue weighted by atomic mass is 35.5. The van der Waals surface area contributed by atoms with Crippen molar-refractivity contribution in [2.45, 2.75) is 6.61 Å². The van der Waals surface area contributed by atoms with Crippen LogP contribution in [0.1, 0.15) is 21.1 Å². The number of nitriles is 1. The molecule has 4 rings (SSSR count). The van der Waals surface area contributed by atoms with Crippen LogP contribution in [-0.4, -0.2) is 28.2 Å². The highest BCUT2D eigenvalue weighted by Gasteiger charge is 2.22. The van der Waals surface area contributed by atoms with E-state index in [2.05, 4.69) is 21.3 Å². The normalized spacial score (nSPS) is 10.5. The summed E-state index contributed by atoms with van der Waals surface area (Å²) in [5.41, 5.74) is 7.04. The van der Waals surface area contributed by atoms with E-state index in [9.17, 15) is 10.1 Å². The number of pyridine rings is 1. The second kappa shape index (κ2) is 9.65. The first-order valence-corrected chi connectivity index (χ1v) is 10.8. The summed E-state index contributed by atoms with van der Waals surface area (Å²) in [7, 11) is 1.51. The van der Waals surface area contributed by atoms with Gasteiger partial charge in [0.1, 0.15) is 24.2 Å². The highest BCUT2D eigenvalue weighted by molar-refractivity contribution is 7.14. The van der Waals surface area contributed by atoms with Crippen LogP contribution in [0.4, 0.5) is 0 Å². The van der Waals surface area contributed by atoms with E-state index in [0.717, 1.165) is 0 Å². The summed E-state index contributed by atoms with van der Waals surface area (Å²) >= 11 is 7.11. The molecule has 164 valence electrons. The predicted octanol–water partition coefficient (Wildman–Crippen LogP) is 4.48. The second-order valence-electron chi connectivity index (χ2n) is 6.70. The Balaban J connectivity index is 1.70. The quantitative estimate of drug-likeness (QED) is 0.416. The van der Waals surface area contributed by atoms with Crippen LogP contribution in [0.2, 0.25) is 5.02 Å². The molecular formula is C23H16ClN5O3S. The molecule has 0 fully saturated rings. The van der Waals surface area contributed by atoms with Crippen molar-refractivity contribution in [3.8, 4) is 39.4 Å². The predicted molar refractivity (Wildman–Crippen MR) is 124 cm³/mol. The van der Waals surface area contributed by atoms with Crippen molar-refractivity contribution in [2.75, 3.05) is 7.11 Å². The number of methoxy groups -OCH3 is 1. The van der Waals surface area contributed by atoms with E-state index in [0.29, 0.717) is 37.7 Å². The lowest BCUT2D eigenvalue weighted by molar-refractivity contribution is 0.100. The van der Waals surface area contributed by atoms with Gasteiger partial charge in [-0.2, -0.15) is 5.26 Å². The Kier molecular flexibility index (Phi) is 6.49. The number of para-hydroxylation sites is 1. The molecule has 0 saturated carbocycles. The van der Waals surface area contributed by atoms with Gasteiger partial charge in [0.2, 0.25) is 0 Å². The number of hydrogen-bond donors (Lipinski definition) is 1. The number of amides is 1. The maximum Gasteiger partial charge on any atom is 0.250 e. The molecule has 0 spiro atoms. The molecule has 2 aromatic heterocycles. The van der Waals surface area contributed by atoms with E-state index in [1.165, 1.54) is 24.5 Å². The molecule has 8 nitrogen and oxygen atoms in total. The van der Waals surface area contributed by atoms with Crippen molar-refractivity contribution < 1.29 is 14.3 Å². The number of carbonyl (C=O) groups is 1. The molecule has 4 aromatic rings. The van der Waals surface area contributed by atoms with Crippen LogP contribution >= 0.6 is 22.9 Å².